The fourth-order valence-electron chi connectivity index (χ4n) is 7.79. The molecule has 1 spiro atoms. The van der Waals surface area contributed by atoms with Crippen LogP contribution in [-0.2, 0) is 0 Å². The van der Waals surface area contributed by atoms with E-state index in [0.717, 1.165) is 98.7 Å². The molecule has 6 heterocycles. The van der Waals surface area contributed by atoms with Gasteiger partial charge in [0.05, 0.1) is 22.2 Å². The van der Waals surface area contributed by atoms with Crippen molar-refractivity contribution >= 4 is 28.5 Å². The van der Waals surface area contributed by atoms with Crippen molar-refractivity contribution in [3.05, 3.63) is 71.9 Å². The van der Waals surface area contributed by atoms with Crippen LogP contribution in [0.15, 0.2) is 60.8 Å². The summed E-state index contributed by atoms with van der Waals surface area (Å²) in [4.78, 5) is 35.7. The summed E-state index contributed by atoms with van der Waals surface area (Å²) < 4.78 is 6.23. The van der Waals surface area contributed by atoms with Gasteiger partial charge in [-0.1, -0.05) is 12.1 Å². The summed E-state index contributed by atoms with van der Waals surface area (Å²) in [7, 11) is 0. The summed E-state index contributed by atoms with van der Waals surface area (Å²) in [5.41, 5.74) is 4.15. The smallest absolute Gasteiger partial charge is 0.276 e. The van der Waals surface area contributed by atoms with Gasteiger partial charge in [0.1, 0.15) is 22.9 Å². The van der Waals surface area contributed by atoms with Crippen molar-refractivity contribution in [3.8, 4) is 17.0 Å². The third-order valence-corrected chi connectivity index (χ3v) is 10.7. The number of nitrogens with one attached hydrogen (secondary N) is 1. The number of aromatic amines is 1. The van der Waals surface area contributed by atoms with Gasteiger partial charge in [-0.15, -0.1) is 0 Å². The largest absolute Gasteiger partial charge is 0.488 e. The lowest BCUT2D eigenvalue weighted by atomic mass is 9.76. The van der Waals surface area contributed by atoms with Crippen LogP contribution in [0.3, 0.4) is 0 Å². The second-order valence-electron chi connectivity index (χ2n) is 13.9. The molecular formula is C35H37N7O3. The van der Waals surface area contributed by atoms with E-state index in [9.17, 15) is 9.59 Å². The normalized spacial score (nSPS) is 22.5. The highest BCUT2D eigenvalue weighted by atomic mass is 16.5. The van der Waals surface area contributed by atoms with Gasteiger partial charge >= 0.3 is 0 Å². The number of carbonyl (C=O) groups excluding carboxylic acids is 2. The number of hydrogen-bond acceptors (Lipinski definition) is 8. The molecule has 10 heteroatoms. The highest BCUT2D eigenvalue weighted by molar-refractivity contribution is 6.20. The van der Waals surface area contributed by atoms with Gasteiger partial charge in [-0.2, -0.15) is 5.10 Å². The number of fused-ring (bicyclic) bond motifs is 2. The highest BCUT2D eigenvalue weighted by Crippen LogP contribution is 2.44. The molecule has 10 nitrogen and oxygen atoms in total. The van der Waals surface area contributed by atoms with Gasteiger partial charge in [0.2, 0.25) is 0 Å². The molecule has 0 unspecified atom stereocenters. The van der Waals surface area contributed by atoms with Crippen LogP contribution in [0.25, 0.3) is 22.2 Å². The molecule has 4 aliphatic heterocycles. The van der Waals surface area contributed by atoms with Crippen molar-refractivity contribution < 1.29 is 14.3 Å². The Bertz CT molecular complexity index is 1800. The van der Waals surface area contributed by atoms with Gasteiger partial charge in [0.25, 0.3) is 11.8 Å². The van der Waals surface area contributed by atoms with Crippen molar-refractivity contribution in [2.24, 2.45) is 5.92 Å². The first kappa shape index (κ1) is 27.1. The summed E-state index contributed by atoms with van der Waals surface area (Å²) in [6.45, 7) is 7.78. The SMILES string of the molecule is CC1(Oc2ccc3[nH]nc(-c4ccnc(N5CCC56CN(CC5CCN(N7C(=O)c8ccccc8C7=O)CC5)C6)c4)c3c2)CC1. The molecule has 4 aromatic rings. The lowest BCUT2D eigenvalue weighted by molar-refractivity contribution is -0.0285. The van der Waals surface area contributed by atoms with Gasteiger partial charge in [-0.3, -0.25) is 19.6 Å². The van der Waals surface area contributed by atoms with Crippen LogP contribution in [0, 0.1) is 5.92 Å². The lowest BCUT2D eigenvalue weighted by Gasteiger charge is -2.63. The number of carbonyl (C=O) groups is 2. The fourth-order valence-corrected chi connectivity index (χ4v) is 7.79. The number of ether oxygens (including phenoxy) is 1. The second-order valence-corrected chi connectivity index (χ2v) is 13.9. The van der Waals surface area contributed by atoms with Crippen LogP contribution < -0.4 is 9.64 Å². The minimum atomic E-state index is -0.191. The molecule has 9 rings (SSSR count). The number of nitrogens with zero attached hydrogens (tertiary/aromatic N) is 6. The maximum absolute atomic E-state index is 12.9. The lowest BCUT2D eigenvalue weighted by Crippen LogP contribution is -2.77. The molecule has 230 valence electrons. The van der Waals surface area contributed by atoms with Crippen molar-refractivity contribution in [1.29, 1.82) is 0 Å². The molecular weight excluding hydrogens is 566 g/mol. The molecule has 1 saturated carbocycles. The van der Waals surface area contributed by atoms with Crippen LogP contribution in [-0.4, -0.2) is 92.3 Å². The summed E-state index contributed by atoms with van der Waals surface area (Å²) >= 11 is 0. The molecule has 2 aromatic carbocycles. The van der Waals surface area contributed by atoms with E-state index in [0.29, 0.717) is 17.0 Å². The van der Waals surface area contributed by atoms with Crippen molar-refractivity contribution in [1.82, 2.24) is 30.1 Å². The van der Waals surface area contributed by atoms with Crippen molar-refractivity contribution in [2.75, 3.05) is 44.2 Å². The Morgan fingerprint density at radius 1 is 0.933 bits per heavy atom. The standard InChI is InChI=1S/C35H37N7O3/c1-34(11-12-34)45-25-6-7-29-28(19-25)31(38-37-29)24-8-14-36-30(18-24)41-17-13-35(41)21-39(22-35)20-23-9-15-40(16-10-23)42-32(43)26-4-2-3-5-27(26)33(42)44/h2-8,14,18-19,23H,9-13,15-17,20-22H2,1H3,(H,37,38). The molecule has 2 aromatic heterocycles. The van der Waals surface area contributed by atoms with Crippen LogP contribution in [0.2, 0.25) is 0 Å². The molecule has 1 aliphatic carbocycles. The topological polar surface area (TPSA) is 97.9 Å². The number of anilines is 1. The number of benzene rings is 2. The maximum atomic E-state index is 12.9. The Labute approximate surface area is 261 Å². The van der Waals surface area contributed by atoms with Gasteiger partial charge in [-0.05, 0) is 87.4 Å². The minimum absolute atomic E-state index is 0.0248. The molecule has 0 bridgehead atoms. The Morgan fingerprint density at radius 2 is 1.69 bits per heavy atom. The molecule has 3 saturated heterocycles. The number of H-pyrrole nitrogens is 1. The summed E-state index contributed by atoms with van der Waals surface area (Å²) in [6.07, 6.45) is 7.25. The van der Waals surface area contributed by atoms with E-state index in [1.54, 1.807) is 12.1 Å². The van der Waals surface area contributed by atoms with E-state index >= 15 is 0 Å². The molecule has 0 atom stereocenters. The first-order chi connectivity index (χ1) is 21.9. The van der Waals surface area contributed by atoms with Gasteiger partial charge < -0.3 is 9.64 Å². The third kappa shape index (κ3) is 4.45. The Morgan fingerprint density at radius 3 is 2.38 bits per heavy atom. The molecule has 1 N–H and O–H groups in total. The number of piperidine rings is 1. The minimum Gasteiger partial charge on any atom is -0.488 e. The Hall–Kier alpha value is -4.28. The first-order valence-corrected chi connectivity index (χ1v) is 16.2. The van der Waals surface area contributed by atoms with Crippen LogP contribution in [0.4, 0.5) is 5.82 Å². The van der Waals surface area contributed by atoms with Gasteiger partial charge in [0.15, 0.2) is 0 Å². The Balaban J connectivity index is 0.829. The maximum Gasteiger partial charge on any atom is 0.276 e. The van der Waals surface area contributed by atoms with Crippen molar-refractivity contribution in [2.45, 2.75) is 50.2 Å². The summed E-state index contributed by atoms with van der Waals surface area (Å²) in [6, 6.07) is 17.5. The molecule has 0 radical (unpaired) electrons. The summed E-state index contributed by atoms with van der Waals surface area (Å²) in [5, 5.41) is 12.3. The average molecular weight is 604 g/mol. The van der Waals surface area contributed by atoms with Crippen LogP contribution >= 0.6 is 0 Å². The number of hydrazine groups is 1. The number of aromatic nitrogens is 3. The Kier molecular flexibility index (Phi) is 5.93. The fraction of sp³-hybridized carbons (Fsp3) is 0.429. The third-order valence-electron chi connectivity index (χ3n) is 10.7. The molecule has 45 heavy (non-hydrogen) atoms. The second kappa shape index (κ2) is 9.86. The zero-order chi connectivity index (χ0) is 30.3. The predicted octanol–water partition coefficient (Wildman–Crippen LogP) is 4.74. The number of hydrogen-bond donors (Lipinski definition) is 1. The van der Waals surface area contributed by atoms with Gasteiger partial charge in [0, 0.05) is 56.4 Å². The molecule has 4 fully saturated rings. The zero-order valence-electron chi connectivity index (χ0n) is 25.5. The van der Waals surface area contributed by atoms with E-state index < -0.39 is 0 Å². The quantitative estimate of drug-likeness (QED) is 0.303. The molecule has 5 aliphatic rings. The van der Waals surface area contributed by atoms with Crippen LogP contribution in [0.5, 0.6) is 5.75 Å². The van der Waals surface area contributed by atoms with E-state index in [1.807, 2.05) is 35.5 Å². The highest BCUT2D eigenvalue weighted by Gasteiger charge is 2.54. The van der Waals surface area contributed by atoms with Crippen molar-refractivity contribution in [3.63, 3.8) is 0 Å². The monoisotopic (exact) mass is 603 g/mol. The average Bonchev–Trinajstić information content (AvgIpc) is 3.50. The number of rotatable bonds is 7. The zero-order valence-corrected chi connectivity index (χ0v) is 25.5. The predicted molar refractivity (Wildman–Crippen MR) is 170 cm³/mol. The summed E-state index contributed by atoms with van der Waals surface area (Å²) in [5.74, 6) is 2.09. The van der Waals surface area contributed by atoms with Gasteiger partial charge in [-0.25, -0.2) is 15.0 Å². The number of pyridine rings is 1. The number of likely N-dealkylation sites (tertiary alicyclic amines) is 1. The van der Waals surface area contributed by atoms with E-state index in [4.69, 9.17) is 9.72 Å². The molecule has 2 amide bonds. The van der Waals surface area contributed by atoms with E-state index in [-0.39, 0.29) is 23.0 Å². The number of imide groups is 1. The van der Waals surface area contributed by atoms with E-state index in [1.165, 1.54) is 11.4 Å². The van der Waals surface area contributed by atoms with Crippen LogP contribution in [0.1, 0.15) is 59.7 Å². The van der Waals surface area contributed by atoms with E-state index in [2.05, 4.69) is 45.1 Å². The first-order valence-electron chi connectivity index (χ1n) is 16.2. The number of amides is 2.